The Kier molecular flexibility index (Phi) is 7.51. The van der Waals surface area contributed by atoms with Crippen LogP contribution in [0.3, 0.4) is 0 Å². The van der Waals surface area contributed by atoms with Crippen LogP contribution in [0.1, 0.15) is 44.2 Å². The Morgan fingerprint density at radius 2 is 1.53 bits per heavy atom. The second-order valence-corrected chi connectivity index (χ2v) is 8.64. The molecule has 2 amide bonds. The highest BCUT2D eigenvalue weighted by molar-refractivity contribution is 5.86. The third kappa shape index (κ3) is 5.46. The number of amides is 2. The number of hydrogen-bond donors (Lipinski definition) is 3. The minimum absolute atomic E-state index is 0.00483. The van der Waals surface area contributed by atoms with Crippen molar-refractivity contribution < 1.29 is 24.2 Å². The van der Waals surface area contributed by atoms with E-state index in [0.717, 1.165) is 22.3 Å². The number of nitrogens with one attached hydrogen (secondary N) is 2. The van der Waals surface area contributed by atoms with E-state index >= 15 is 0 Å². The highest BCUT2D eigenvalue weighted by Crippen LogP contribution is 2.44. The number of hydrogen-bond acceptors (Lipinski definition) is 4. The van der Waals surface area contributed by atoms with Crippen molar-refractivity contribution in [3.05, 3.63) is 59.7 Å². The van der Waals surface area contributed by atoms with Crippen molar-refractivity contribution in [1.82, 2.24) is 10.6 Å². The largest absolute Gasteiger partial charge is 0.481 e. The Balaban J connectivity index is 1.63. The van der Waals surface area contributed by atoms with Gasteiger partial charge in [-0.1, -0.05) is 69.3 Å². The summed E-state index contributed by atoms with van der Waals surface area (Å²) < 4.78 is 5.54. The number of aliphatic carboxylic acids is 1. The molecule has 0 heterocycles. The van der Waals surface area contributed by atoms with Crippen LogP contribution in [-0.4, -0.2) is 42.3 Å². The fraction of sp³-hybridized carbons (Fsp3) is 0.400. The molecule has 7 heteroatoms. The summed E-state index contributed by atoms with van der Waals surface area (Å²) in [4.78, 5) is 36.1. The van der Waals surface area contributed by atoms with Gasteiger partial charge in [-0.2, -0.15) is 0 Å². The molecule has 0 radical (unpaired) electrons. The van der Waals surface area contributed by atoms with Crippen molar-refractivity contribution in [2.24, 2.45) is 11.8 Å². The normalized spacial score (nSPS) is 14.2. The minimum atomic E-state index is -0.991. The standard InChI is InChI=1S/C25H30N2O5/c1-15(2)12-22(23(28)26-13-16(3)24(29)30)27-25(31)32-14-21-19-10-6-4-8-17(19)18-9-5-7-11-20(18)21/h4-11,15-16,21-22H,12-14H2,1-3H3,(H,26,28)(H,27,31)(H,29,30)/t16?,22-/m0/s1. The van der Waals surface area contributed by atoms with Gasteiger partial charge >= 0.3 is 12.1 Å². The molecule has 2 aromatic rings. The third-order valence-corrected chi connectivity index (χ3v) is 5.66. The van der Waals surface area contributed by atoms with Crippen LogP contribution >= 0.6 is 0 Å². The van der Waals surface area contributed by atoms with Gasteiger partial charge in [-0.15, -0.1) is 0 Å². The maximum atomic E-state index is 12.6. The molecule has 0 spiro atoms. The van der Waals surface area contributed by atoms with Gasteiger partial charge in [0.25, 0.3) is 0 Å². The first-order chi connectivity index (χ1) is 15.3. The maximum Gasteiger partial charge on any atom is 0.407 e. The molecule has 0 aromatic heterocycles. The van der Waals surface area contributed by atoms with E-state index in [0.29, 0.717) is 6.42 Å². The van der Waals surface area contributed by atoms with E-state index in [1.54, 1.807) is 0 Å². The van der Waals surface area contributed by atoms with Gasteiger partial charge in [0.05, 0.1) is 5.92 Å². The zero-order valence-corrected chi connectivity index (χ0v) is 18.6. The second kappa shape index (κ2) is 10.3. The van der Waals surface area contributed by atoms with Crippen molar-refractivity contribution >= 4 is 18.0 Å². The van der Waals surface area contributed by atoms with Crippen molar-refractivity contribution in [2.45, 2.75) is 39.2 Å². The zero-order valence-electron chi connectivity index (χ0n) is 18.6. The SMILES string of the molecule is CC(C)C[C@H](NC(=O)OCC1c2ccccc2-c2ccccc21)C(=O)NCC(C)C(=O)O. The molecule has 1 unspecified atom stereocenters. The van der Waals surface area contributed by atoms with Gasteiger partial charge < -0.3 is 20.5 Å². The molecule has 0 saturated heterocycles. The molecular formula is C25H30N2O5. The molecule has 170 valence electrons. The molecule has 0 saturated carbocycles. The van der Waals surface area contributed by atoms with E-state index in [1.165, 1.54) is 6.92 Å². The highest BCUT2D eigenvalue weighted by atomic mass is 16.5. The Morgan fingerprint density at radius 3 is 2.06 bits per heavy atom. The van der Waals surface area contributed by atoms with Crippen molar-refractivity contribution in [2.75, 3.05) is 13.2 Å². The third-order valence-electron chi connectivity index (χ3n) is 5.66. The minimum Gasteiger partial charge on any atom is -0.481 e. The Bertz CT molecular complexity index is 942. The maximum absolute atomic E-state index is 12.6. The molecular weight excluding hydrogens is 408 g/mol. The van der Waals surface area contributed by atoms with Crippen LogP contribution in [0.2, 0.25) is 0 Å². The lowest BCUT2D eigenvalue weighted by Gasteiger charge is -2.21. The molecule has 2 aromatic carbocycles. The summed E-state index contributed by atoms with van der Waals surface area (Å²) in [5.41, 5.74) is 4.50. The Hall–Kier alpha value is -3.35. The monoisotopic (exact) mass is 438 g/mol. The molecule has 1 aliphatic rings. The van der Waals surface area contributed by atoms with Crippen LogP contribution in [0, 0.1) is 11.8 Å². The van der Waals surface area contributed by atoms with E-state index in [2.05, 4.69) is 22.8 Å². The number of fused-ring (bicyclic) bond motifs is 3. The van der Waals surface area contributed by atoms with Gasteiger partial charge in [0.2, 0.25) is 5.91 Å². The summed E-state index contributed by atoms with van der Waals surface area (Å²) in [6.45, 7) is 5.55. The average molecular weight is 439 g/mol. The number of carbonyl (C=O) groups excluding carboxylic acids is 2. The predicted octanol–water partition coefficient (Wildman–Crippen LogP) is 3.78. The molecule has 0 aliphatic heterocycles. The summed E-state index contributed by atoms with van der Waals surface area (Å²) in [7, 11) is 0. The summed E-state index contributed by atoms with van der Waals surface area (Å²) in [5, 5.41) is 14.3. The van der Waals surface area contributed by atoms with Crippen LogP contribution in [-0.2, 0) is 14.3 Å². The number of carboxylic acid groups (broad SMARTS) is 1. The van der Waals surface area contributed by atoms with Crippen LogP contribution in [0.15, 0.2) is 48.5 Å². The second-order valence-electron chi connectivity index (χ2n) is 8.64. The van der Waals surface area contributed by atoms with Gasteiger partial charge in [0.1, 0.15) is 12.6 Å². The zero-order chi connectivity index (χ0) is 23.3. The molecule has 0 bridgehead atoms. The van der Waals surface area contributed by atoms with E-state index in [-0.39, 0.29) is 25.0 Å². The van der Waals surface area contributed by atoms with Crippen LogP contribution < -0.4 is 10.6 Å². The van der Waals surface area contributed by atoms with Crippen LogP contribution in [0.4, 0.5) is 4.79 Å². The number of rotatable bonds is 9. The van der Waals surface area contributed by atoms with E-state index in [1.807, 2.05) is 50.2 Å². The number of carbonyl (C=O) groups is 3. The van der Waals surface area contributed by atoms with Crippen LogP contribution in [0.25, 0.3) is 11.1 Å². The summed E-state index contributed by atoms with van der Waals surface area (Å²) >= 11 is 0. The van der Waals surface area contributed by atoms with E-state index in [4.69, 9.17) is 9.84 Å². The quantitative estimate of drug-likeness (QED) is 0.553. The fourth-order valence-corrected chi connectivity index (χ4v) is 3.95. The number of ether oxygens (including phenoxy) is 1. The van der Waals surface area contributed by atoms with Crippen molar-refractivity contribution in [3.63, 3.8) is 0 Å². The van der Waals surface area contributed by atoms with E-state index < -0.39 is 29.9 Å². The summed E-state index contributed by atoms with van der Waals surface area (Å²) in [5.74, 6) is -2.04. The average Bonchev–Trinajstić information content (AvgIpc) is 3.08. The van der Waals surface area contributed by atoms with Gasteiger partial charge in [0.15, 0.2) is 0 Å². The lowest BCUT2D eigenvalue weighted by atomic mass is 9.98. The lowest BCUT2D eigenvalue weighted by Crippen LogP contribution is -2.49. The van der Waals surface area contributed by atoms with Crippen LogP contribution in [0.5, 0.6) is 0 Å². The topological polar surface area (TPSA) is 105 Å². The molecule has 32 heavy (non-hydrogen) atoms. The van der Waals surface area contributed by atoms with Gasteiger partial charge in [-0.05, 0) is 34.6 Å². The van der Waals surface area contributed by atoms with Crippen molar-refractivity contribution in [1.29, 1.82) is 0 Å². The highest BCUT2D eigenvalue weighted by Gasteiger charge is 2.30. The smallest absolute Gasteiger partial charge is 0.407 e. The van der Waals surface area contributed by atoms with Gasteiger partial charge in [0, 0.05) is 12.5 Å². The Labute approximate surface area is 188 Å². The fourth-order valence-electron chi connectivity index (χ4n) is 3.95. The molecule has 2 atom stereocenters. The molecule has 1 aliphatic carbocycles. The van der Waals surface area contributed by atoms with Gasteiger partial charge in [-0.25, -0.2) is 4.79 Å². The van der Waals surface area contributed by atoms with Crippen molar-refractivity contribution in [3.8, 4) is 11.1 Å². The summed E-state index contributed by atoms with van der Waals surface area (Å²) in [6.07, 6.45) is -0.253. The Morgan fingerprint density at radius 1 is 0.969 bits per heavy atom. The summed E-state index contributed by atoms with van der Waals surface area (Å²) in [6, 6.07) is 15.3. The number of benzene rings is 2. The van der Waals surface area contributed by atoms with Gasteiger partial charge in [-0.3, -0.25) is 9.59 Å². The number of alkyl carbamates (subject to hydrolysis) is 1. The molecule has 7 nitrogen and oxygen atoms in total. The first-order valence-electron chi connectivity index (χ1n) is 10.9. The molecule has 3 rings (SSSR count). The number of carboxylic acids is 1. The molecule has 3 N–H and O–H groups in total. The predicted molar refractivity (Wildman–Crippen MR) is 121 cm³/mol. The molecule has 0 fully saturated rings. The first-order valence-corrected chi connectivity index (χ1v) is 10.9. The first kappa shape index (κ1) is 23.3. The van der Waals surface area contributed by atoms with E-state index in [9.17, 15) is 14.4 Å². The lowest BCUT2D eigenvalue weighted by molar-refractivity contribution is -0.141.